The van der Waals surface area contributed by atoms with E-state index in [4.69, 9.17) is 4.42 Å². The second-order valence-electron chi connectivity index (χ2n) is 14.1. The Bertz CT molecular complexity index is 3070. The number of hydrogen-bond donors (Lipinski definition) is 3. The summed E-state index contributed by atoms with van der Waals surface area (Å²) in [5, 5.41) is 42.0. The van der Waals surface area contributed by atoms with Crippen LogP contribution in [0.3, 0.4) is 0 Å². The van der Waals surface area contributed by atoms with Crippen LogP contribution in [0.5, 0.6) is 17.2 Å². The van der Waals surface area contributed by atoms with Crippen LogP contribution in [-0.2, 0) is 0 Å². The number of hydrogen-bond acceptors (Lipinski definition) is 4. The van der Waals surface area contributed by atoms with Crippen LogP contribution in [0, 0.1) is 13.8 Å². The molecule has 4 heteroatoms. The molecule has 1 heterocycles. The minimum Gasteiger partial charge on any atom is -0.507 e. The average molecular weight is 699 g/mol. The summed E-state index contributed by atoms with van der Waals surface area (Å²) in [5.41, 5.74) is 9.93. The van der Waals surface area contributed by atoms with Gasteiger partial charge < -0.3 is 19.7 Å². The van der Waals surface area contributed by atoms with Crippen molar-refractivity contribution in [1.29, 1.82) is 0 Å². The van der Waals surface area contributed by atoms with Gasteiger partial charge in [-0.1, -0.05) is 121 Å². The highest BCUT2D eigenvalue weighted by Gasteiger charge is 2.26. The van der Waals surface area contributed by atoms with Crippen molar-refractivity contribution in [2.24, 2.45) is 0 Å². The molecule has 258 valence electrons. The maximum absolute atomic E-state index is 11.5. The van der Waals surface area contributed by atoms with E-state index in [1.165, 1.54) is 0 Å². The van der Waals surface area contributed by atoms with Crippen molar-refractivity contribution in [2.45, 2.75) is 13.8 Å². The van der Waals surface area contributed by atoms with E-state index in [0.29, 0.717) is 16.7 Å². The SMILES string of the molecule is Cc1c(O)c(C)c(O)c(-c2c3ccccc3c(-c3cc(-c4ccc5oc6ccccc6c5c4-c4ccccc4)c4ccccc4c3)c3ccccc23)c1O. The minimum absolute atomic E-state index is 0.112. The molecule has 0 bridgehead atoms. The van der Waals surface area contributed by atoms with Gasteiger partial charge in [-0.2, -0.15) is 0 Å². The highest BCUT2D eigenvalue weighted by molar-refractivity contribution is 6.24. The molecule has 0 aliphatic heterocycles. The van der Waals surface area contributed by atoms with Crippen molar-refractivity contribution in [3.63, 3.8) is 0 Å². The van der Waals surface area contributed by atoms with E-state index in [1.54, 1.807) is 13.8 Å². The van der Waals surface area contributed by atoms with Crippen LogP contribution in [0.4, 0.5) is 0 Å². The fourth-order valence-corrected chi connectivity index (χ4v) is 8.56. The van der Waals surface area contributed by atoms with Crippen molar-refractivity contribution >= 4 is 54.3 Å². The third-order valence-corrected chi connectivity index (χ3v) is 11.1. The van der Waals surface area contributed by atoms with Crippen LogP contribution in [0.15, 0.2) is 156 Å². The van der Waals surface area contributed by atoms with Crippen molar-refractivity contribution < 1.29 is 19.7 Å². The monoisotopic (exact) mass is 698 g/mol. The summed E-state index contributed by atoms with van der Waals surface area (Å²) < 4.78 is 6.42. The zero-order chi connectivity index (χ0) is 36.7. The second kappa shape index (κ2) is 12.0. The first-order chi connectivity index (χ1) is 26.4. The van der Waals surface area contributed by atoms with Crippen molar-refractivity contribution in [1.82, 2.24) is 0 Å². The number of phenolic OH excluding ortho intramolecular Hbond substituents is 3. The largest absolute Gasteiger partial charge is 0.507 e. The molecular weight excluding hydrogens is 665 g/mol. The fourth-order valence-electron chi connectivity index (χ4n) is 8.56. The summed E-state index contributed by atoms with van der Waals surface area (Å²) in [6.45, 7) is 3.34. The van der Waals surface area contributed by atoms with Crippen LogP contribution in [-0.4, -0.2) is 15.3 Å². The van der Waals surface area contributed by atoms with E-state index >= 15 is 0 Å². The van der Waals surface area contributed by atoms with E-state index in [1.807, 2.05) is 54.6 Å². The molecule has 0 fully saturated rings. The van der Waals surface area contributed by atoms with Crippen LogP contribution < -0.4 is 0 Å². The van der Waals surface area contributed by atoms with Gasteiger partial charge in [-0.3, -0.25) is 0 Å². The van der Waals surface area contributed by atoms with E-state index in [9.17, 15) is 15.3 Å². The zero-order valence-electron chi connectivity index (χ0n) is 29.7. The first-order valence-electron chi connectivity index (χ1n) is 18.1. The third kappa shape index (κ3) is 4.56. The van der Waals surface area contributed by atoms with Crippen LogP contribution in [0.1, 0.15) is 11.1 Å². The first kappa shape index (κ1) is 31.7. The summed E-state index contributed by atoms with van der Waals surface area (Å²) in [7, 11) is 0. The maximum atomic E-state index is 11.5. The molecule has 10 rings (SSSR count). The molecule has 0 unspecified atom stereocenters. The van der Waals surface area contributed by atoms with E-state index in [-0.39, 0.29) is 17.2 Å². The summed E-state index contributed by atoms with van der Waals surface area (Å²) >= 11 is 0. The molecule has 0 radical (unpaired) electrons. The molecule has 0 aliphatic rings. The Morgan fingerprint density at radius 3 is 1.56 bits per heavy atom. The predicted molar refractivity (Wildman–Crippen MR) is 222 cm³/mol. The topological polar surface area (TPSA) is 73.8 Å². The van der Waals surface area contributed by atoms with Gasteiger partial charge in [0.2, 0.25) is 0 Å². The van der Waals surface area contributed by atoms with E-state index in [0.717, 1.165) is 93.2 Å². The smallest absolute Gasteiger partial charge is 0.136 e. The van der Waals surface area contributed by atoms with Gasteiger partial charge in [-0.25, -0.2) is 0 Å². The molecule has 0 aliphatic carbocycles. The summed E-state index contributed by atoms with van der Waals surface area (Å²) in [6.07, 6.45) is 0. The molecule has 1 aromatic heterocycles. The predicted octanol–water partition coefficient (Wildman–Crippen LogP) is 13.4. The molecular formula is C50H34O4. The normalized spacial score (nSPS) is 11.7. The molecule has 0 spiro atoms. The molecule has 0 saturated carbocycles. The van der Waals surface area contributed by atoms with Gasteiger partial charge in [0.25, 0.3) is 0 Å². The molecule has 3 N–H and O–H groups in total. The number of aromatic hydroxyl groups is 3. The second-order valence-corrected chi connectivity index (χ2v) is 14.1. The molecule has 0 amide bonds. The van der Waals surface area contributed by atoms with Gasteiger partial charge in [0.05, 0.1) is 5.56 Å². The van der Waals surface area contributed by atoms with E-state index in [2.05, 4.69) is 97.1 Å². The molecule has 0 atom stereocenters. The van der Waals surface area contributed by atoms with E-state index < -0.39 is 0 Å². The quantitative estimate of drug-likeness (QED) is 0.160. The lowest BCUT2D eigenvalue weighted by atomic mass is 9.82. The Kier molecular flexibility index (Phi) is 7.04. The Labute approximate surface area is 311 Å². The maximum Gasteiger partial charge on any atom is 0.136 e. The van der Waals surface area contributed by atoms with Crippen LogP contribution >= 0.6 is 0 Å². The molecule has 4 nitrogen and oxygen atoms in total. The standard InChI is InChI=1S/C50H34O4/c1-28-48(51)29(2)50(53)47(49(28)52)45-36-20-10-8-18-34(36)43(35-19-9-11-21-37(35)45)32-26-31-16-6-7-17-33(31)40(27-32)38-24-25-42-46(39-22-12-13-23-41(39)54-42)44(38)30-14-4-3-5-15-30/h3-27,51-53H,1-2H3. The summed E-state index contributed by atoms with van der Waals surface area (Å²) in [6, 6.07) is 52.6. The number of fused-ring (bicyclic) bond motifs is 6. The van der Waals surface area contributed by atoms with Gasteiger partial charge in [-0.05, 0) is 104 Å². The lowest BCUT2D eigenvalue weighted by molar-refractivity contribution is 0.420. The van der Waals surface area contributed by atoms with Gasteiger partial charge in [-0.15, -0.1) is 0 Å². The van der Waals surface area contributed by atoms with Gasteiger partial charge in [0.15, 0.2) is 0 Å². The fraction of sp³-hybridized carbons (Fsp3) is 0.0400. The summed E-state index contributed by atoms with van der Waals surface area (Å²) in [4.78, 5) is 0. The number of furan rings is 1. The third-order valence-electron chi connectivity index (χ3n) is 11.1. The molecule has 10 aromatic rings. The van der Waals surface area contributed by atoms with Crippen molar-refractivity contribution in [3.05, 3.63) is 163 Å². The molecule has 0 saturated heterocycles. The van der Waals surface area contributed by atoms with Crippen molar-refractivity contribution in [3.8, 4) is 61.8 Å². The van der Waals surface area contributed by atoms with Crippen LogP contribution in [0.2, 0.25) is 0 Å². The molecule has 54 heavy (non-hydrogen) atoms. The summed E-state index contributed by atoms with van der Waals surface area (Å²) in [5.74, 6) is -0.386. The lowest BCUT2D eigenvalue weighted by Crippen LogP contribution is -1.95. The number of benzene rings is 9. The zero-order valence-corrected chi connectivity index (χ0v) is 29.7. The van der Waals surface area contributed by atoms with Gasteiger partial charge in [0, 0.05) is 33.0 Å². The molecule has 9 aromatic carbocycles. The average Bonchev–Trinajstić information content (AvgIpc) is 3.60. The van der Waals surface area contributed by atoms with Gasteiger partial charge in [0.1, 0.15) is 28.4 Å². The van der Waals surface area contributed by atoms with Crippen LogP contribution in [0.25, 0.3) is 98.8 Å². The Balaban J connectivity index is 1.34. The Morgan fingerprint density at radius 2 is 0.907 bits per heavy atom. The highest BCUT2D eigenvalue weighted by Crippen LogP contribution is 2.53. The Hall–Kier alpha value is -7.04. The van der Waals surface area contributed by atoms with Gasteiger partial charge >= 0.3 is 0 Å². The number of rotatable bonds is 4. The van der Waals surface area contributed by atoms with Crippen molar-refractivity contribution in [2.75, 3.05) is 0 Å². The lowest BCUT2D eigenvalue weighted by Gasteiger charge is -2.22. The minimum atomic E-state index is -0.137. The number of para-hydroxylation sites is 1. The first-order valence-corrected chi connectivity index (χ1v) is 18.1. The highest BCUT2D eigenvalue weighted by atomic mass is 16.3. The number of phenols is 3. The Morgan fingerprint density at radius 1 is 0.370 bits per heavy atom.